The monoisotopic (exact) mass is 214 g/mol. The highest BCUT2D eigenvalue weighted by Crippen LogP contribution is 2.20. The number of carbonyl (C=O) groups is 2. The summed E-state index contributed by atoms with van der Waals surface area (Å²) >= 11 is 0. The van der Waals surface area contributed by atoms with Crippen LogP contribution in [0.1, 0.15) is 38.5 Å². The Morgan fingerprint density at radius 3 is 2.40 bits per heavy atom. The number of rotatable bonds is 4. The van der Waals surface area contributed by atoms with Crippen molar-refractivity contribution in [3.05, 3.63) is 0 Å². The van der Waals surface area contributed by atoms with E-state index in [9.17, 15) is 9.59 Å². The van der Waals surface area contributed by atoms with Crippen LogP contribution in [-0.4, -0.2) is 24.0 Å². The highest BCUT2D eigenvalue weighted by molar-refractivity contribution is 5.84. The van der Waals surface area contributed by atoms with E-state index in [1.165, 1.54) is 6.42 Å². The van der Waals surface area contributed by atoms with Crippen LogP contribution < -0.4 is 11.5 Å². The average molecular weight is 214 g/mol. The Morgan fingerprint density at radius 2 is 1.87 bits per heavy atom. The SMILES string of the molecule is NC(=O)C[C@H](N)C(=O)OC1CCCCC1. The maximum absolute atomic E-state index is 11.4. The van der Waals surface area contributed by atoms with Crippen LogP contribution in [0.3, 0.4) is 0 Å². The van der Waals surface area contributed by atoms with Gasteiger partial charge in [-0.25, -0.2) is 0 Å². The first-order valence-electron chi connectivity index (χ1n) is 5.34. The van der Waals surface area contributed by atoms with Gasteiger partial charge in [0.15, 0.2) is 0 Å². The molecule has 0 bridgehead atoms. The van der Waals surface area contributed by atoms with E-state index in [-0.39, 0.29) is 12.5 Å². The van der Waals surface area contributed by atoms with E-state index in [1.54, 1.807) is 0 Å². The molecule has 0 aromatic heterocycles. The van der Waals surface area contributed by atoms with Crippen LogP contribution in [0.15, 0.2) is 0 Å². The number of ether oxygens (including phenoxy) is 1. The molecule has 86 valence electrons. The molecule has 1 fully saturated rings. The van der Waals surface area contributed by atoms with Crippen molar-refractivity contribution in [3.63, 3.8) is 0 Å². The third-order valence-electron chi connectivity index (χ3n) is 2.56. The van der Waals surface area contributed by atoms with Crippen molar-refractivity contribution in [2.24, 2.45) is 11.5 Å². The highest BCUT2D eigenvalue weighted by Gasteiger charge is 2.22. The van der Waals surface area contributed by atoms with Gasteiger partial charge < -0.3 is 16.2 Å². The van der Waals surface area contributed by atoms with Crippen LogP contribution in [0.2, 0.25) is 0 Å². The van der Waals surface area contributed by atoms with Gasteiger partial charge in [0.2, 0.25) is 5.91 Å². The molecular weight excluding hydrogens is 196 g/mol. The molecule has 0 aromatic carbocycles. The Bertz CT molecular complexity index is 237. The van der Waals surface area contributed by atoms with Gasteiger partial charge >= 0.3 is 5.97 Å². The Kier molecular flexibility index (Phi) is 4.55. The van der Waals surface area contributed by atoms with Gasteiger partial charge in [-0.15, -0.1) is 0 Å². The summed E-state index contributed by atoms with van der Waals surface area (Å²) in [5.74, 6) is -1.09. The predicted octanol–water partition coefficient (Wildman–Crippen LogP) is 0.0650. The molecule has 1 atom stereocenters. The molecule has 15 heavy (non-hydrogen) atoms. The quantitative estimate of drug-likeness (QED) is 0.647. The summed E-state index contributed by atoms with van der Waals surface area (Å²) < 4.78 is 5.18. The van der Waals surface area contributed by atoms with Gasteiger partial charge in [-0.2, -0.15) is 0 Å². The first kappa shape index (κ1) is 12.0. The lowest BCUT2D eigenvalue weighted by atomic mass is 9.98. The fourth-order valence-electron chi connectivity index (χ4n) is 1.73. The summed E-state index contributed by atoms with van der Waals surface area (Å²) in [5, 5.41) is 0. The second-order valence-corrected chi connectivity index (χ2v) is 3.97. The predicted molar refractivity (Wildman–Crippen MR) is 54.8 cm³/mol. The Hall–Kier alpha value is -1.10. The second-order valence-electron chi connectivity index (χ2n) is 3.97. The molecule has 1 rings (SSSR count). The number of carbonyl (C=O) groups excluding carboxylic acids is 2. The van der Waals surface area contributed by atoms with Gasteiger partial charge in [-0.3, -0.25) is 9.59 Å². The maximum Gasteiger partial charge on any atom is 0.323 e. The zero-order valence-electron chi connectivity index (χ0n) is 8.78. The molecule has 0 heterocycles. The van der Waals surface area contributed by atoms with Crippen molar-refractivity contribution in [2.75, 3.05) is 0 Å². The lowest BCUT2D eigenvalue weighted by Crippen LogP contribution is -2.38. The van der Waals surface area contributed by atoms with E-state index < -0.39 is 17.9 Å². The molecule has 5 heteroatoms. The fourth-order valence-corrected chi connectivity index (χ4v) is 1.73. The summed E-state index contributed by atoms with van der Waals surface area (Å²) in [6.07, 6.45) is 4.99. The smallest absolute Gasteiger partial charge is 0.323 e. The first-order chi connectivity index (χ1) is 7.09. The number of hydrogen-bond donors (Lipinski definition) is 2. The number of hydrogen-bond acceptors (Lipinski definition) is 4. The van der Waals surface area contributed by atoms with Gasteiger partial charge in [0.1, 0.15) is 12.1 Å². The average Bonchev–Trinajstić information content (AvgIpc) is 2.18. The summed E-state index contributed by atoms with van der Waals surface area (Å²) in [5.41, 5.74) is 10.4. The fraction of sp³-hybridized carbons (Fsp3) is 0.800. The van der Waals surface area contributed by atoms with Crippen LogP contribution in [0.25, 0.3) is 0 Å². The van der Waals surface area contributed by atoms with Crippen LogP contribution in [0.4, 0.5) is 0 Å². The number of nitrogens with two attached hydrogens (primary N) is 2. The van der Waals surface area contributed by atoms with Crippen molar-refractivity contribution in [1.82, 2.24) is 0 Å². The van der Waals surface area contributed by atoms with Crippen LogP contribution in [0.5, 0.6) is 0 Å². The van der Waals surface area contributed by atoms with Crippen molar-refractivity contribution in [1.29, 1.82) is 0 Å². The topological polar surface area (TPSA) is 95.4 Å². The first-order valence-corrected chi connectivity index (χ1v) is 5.34. The van der Waals surface area contributed by atoms with E-state index in [0.717, 1.165) is 25.7 Å². The van der Waals surface area contributed by atoms with Gasteiger partial charge in [-0.05, 0) is 25.7 Å². The second kappa shape index (κ2) is 5.70. The van der Waals surface area contributed by atoms with E-state index in [0.29, 0.717) is 0 Å². The summed E-state index contributed by atoms with van der Waals surface area (Å²) in [7, 11) is 0. The number of esters is 1. The molecule has 0 aliphatic heterocycles. The van der Waals surface area contributed by atoms with Crippen molar-refractivity contribution < 1.29 is 14.3 Å². The van der Waals surface area contributed by atoms with Gasteiger partial charge in [0, 0.05) is 0 Å². The van der Waals surface area contributed by atoms with Crippen LogP contribution in [-0.2, 0) is 14.3 Å². The normalized spacial score (nSPS) is 19.5. The molecule has 5 nitrogen and oxygen atoms in total. The minimum absolute atomic E-state index is 0.0230. The third-order valence-corrected chi connectivity index (χ3v) is 2.56. The molecule has 1 aliphatic rings. The van der Waals surface area contributed by atoms with E-state index in [4.69, 9.17) is 16.2 Å². The Labute approximate surface area is 89.1 Å². The molecule has 0 aromatic rings. The van der Waals surface area contributed by atoms with Gasteiger partial charge in [-0.1, -0.05) is 6.42 Å². The van der Waals surface area contributed by atoms with Crippen molar-refractivity contribution in [3.8, 4) is 0 Å². The Morgan fingerprint density at radius 1 is 1.27 bits per heavy atom. The van der Waals surface area contributed by atoms with Gasteiger partial charge in [0.05, 0.1) is 6.42 Å². The summed E-state index contributed by atoms with van der Waals surface area (Å²) in [6, 6.07) is -0.913. The minimum Gasteiger partial charge on any atom is -0.461 e. The zero-order chi connectivity index (χ0) is 11.3. The summed E-state index contributed by atoms with van der Waals surface area (Å²) in [4.78, 5) is 21.9. The molecular formula is C10H18N2O3. The maximum atomic E-state index is 11.4. The minimum atomic E-state index is -0.913. The lowest BCUT2D eigenvalue weighted by Gasteiger charge is -2.23. The summed E-state index contributed by atoms with van der Waals surface area (Å²) in [6.45, 7) is 0. The number of amides is 1. The molecule has 0 saturated heterocycles. The lowest BCUT2D eigenvalue weighted by molar-refractivity contribution is -0.153. The van der Waals surface area contributed by atoms with E-state index in [1.807, 2.05) is 0 Å². The molecule has 0 spiro atoms. The molecule has 1 aliphatic carbocycles. The van der Waals surface area contributed by atoms with E-state index >= 15 is 0 Å². The third kappa shape index (κ3) is 4.29. The molecule has 0 unspecified atom stereocenters. The molecule has 4 N–H and O–H groups in total. The molecule has 0 radical (unpaired) electrons. The van der Waals surface area contributed by atoms with E-state index in [2.05, 4.69) is 0 Å². The van der Waals surface area contributed by atoms with Crippen LogP contribution >= 0.6 is 0 Å². The van der Waals surface area contributed by atoms with Gasteiger partial charge in [0.25, 0.3) is 0 Å². The Balaban J connectivity index is 2.30. The standard InChI is InChI=1S/C10H18N2O3/c11-8(6-9(12)13)10(14)15-7-4-2-1-3-5-7/h7-8H,1-6,11H2,(H2,12,13)/t8-/m0/s1. The number of primary amides is 1. The zero-order valence-corrected chi connectivity index (χ0v) is 8.78. The molecule has 1 amide bonds. The van der Waals surface area contributed by atoms with Crippen molar-refractivity contribution in [2.45, 2.75) is 50.7 Å². The van der Waals surface area contributed by atoms with Crippen molar-refractivity contribution >= 4 is 11.9 Å². The highest BCUT2D eigenvalue weighted by atomic mass is 16.5. The van der Waals surface area contributed by atoms with Crippen LogP contribution in [0, 0.1) is 0 Å². The molecule has 1 saturated carbocycles. The largest absolute Gasteiger partial charge is 0.461 e.